The first-order valence-electron chi connectivity index (χ1n) is 8.91. The Kier molecular flexibility index (Phi) is 8.07. The molecule has 1 amide bonds. The number of carbonyl (C=O) groups excluding carboxylic acids is 1. The van der Waals surface area contributed by atoms with Crippen LogP contribution in [0.5, 0.6) is 5.75 Å². The Bertz CT molecular complexity index is 1190. The molecule has 31 heavy (non-hydrogen) atoms. The number of rotatable bonds is 6. The van der Waals surface area contributed by atoms with E-state index in [0.29, 0.717) is 32.1 Å². The highest BCUT2D eigenvalue weighted by molar-refractivity contribution is 14.1. The topological polar surface area (TPSA) is 62.1 Å². The Labute approximate surface area is 205 Å². The van der Waals surface area contributed by atoms with Gasteiger partial charge < -0.3 is 10.1 Å². The number of hydrogen-bond donors (Lipinski definition) is 1. The number of nitrogens with one attached hydrogen (secondary N) is 1. The second-order valence-corrected chi connectivity index (χ2v) is 8.76. The molecule has 0 saturated heterocycles. The van der Waals surface area contributed by atoms with Crippen LogP contribution in [0.1, 0.15) is 11.1 Å². The molecule has 0 bridgehead atoms. The van der Waals surface area contributed by atoms with Crippen molar-refractivity contribution in [2.75, 3.05) is 5.32 Å². The van der Waals surface area contributed by atoms with Crippen molar-refractivity contribution in [2.24, 2.45) is 0 Å². The molecule has 3 rings (SSSR count). The van der Waals surface area contributed by atoms with Crippen molar-refractivity contribution < 1.29 is 13.9 Å². The highest BCUT2D eigenvalue weighted by Crippen LogP contribution is 2.33. The molecule has 0 unspecified atom stereocenters. The fourth-order valence-corrected chi connectivity index (χ4v) is 4.60. The van der Waals surface area contributed by atoms with Crippen LogP contribution in [-0.4, -0.2) is 5.91 Å². The molecule has 3 aromatic rings. The fourth-order valence-electron chi connectivity index (χ4n) is 2.65. The molecule has 1 N–H and O–H groups in total. The van der Waals surface area contributed by atoms with Crippen LogP contribution in [0.25, 0.3) is 6.08 Å². The molecular weight excluding hydrogens is 598 g/mol. The van der Waals surface area contributed by atoms with Gasteiger partial charge in [-0.25, -0.2) is 4.39 Å². The summed E-state index contributed by atoms with van der Waals surface area (Å²) in [7, 11) is 0. The molecule has 8 heteroatoms. The minimum atomic E-state index is -0.562. The number of nitriles is 1. The zero-order chi connectivity index (χ0) is 22.4. The monoisotopic (exact) mass is 610 g/mol. The van der Waals surface area contributed by atoms with E-state index < -0.39 is 5.91 Å². The lowest BCUT2D eigenvalue weighted by molar-refractivity contribution is -0.112. The van der Waals surface area contributed by atoms with Crippen LogP contribution in [0, 0.1) is 20.7 Å². The number of nitrogens with zero attached hydrogens (tertiary/aromatic N) is 1. The smallest absolute Gasteiger partial charge is 0.266 e. The summed E-state index contributed by atoms with van der Waals surface area (Å²) in [5, 5.41) is 12.5. The zero-order valence-electron chi connectivity index (χ0n) is 15.8. The van der Waals surface area contributed by atoms with E-state index in [9.17, 15) is 14.4 Å². The van der Waals surface area contributed by atoms with Crippen LogP contribution < -0.4 is 10.1 Å². The third-order valence-electron chi connectivity index (χ3n) is 4.09. The van der Waals surface area contributed by atoms with Gasteiger partial charge in [0.05, 0.1) is 18.8 Å². The third kappa shape index (κ3) is 6.29. The molecule has 0 aromatic heterocycles. The Balaban J connectivity index is 1.78. The number of amides is 1. The molecule has 0 spiro atoms. The van der Waals surface area contributed by atoms with Gasteiger partial charge in [-0.3, -0.25) is 4.79 Å². The minimum Gasteiger partial charge on any atom is -0.487 e. The first kappa shape index (κ1) is 23.3. The number of ether oxygens (including phenoxy) is 1. The normalized spacial score (nSPS) is 11.0. The first-order chi connectivity index (χ1) is 14.9. The van der Waals surface area contributed by atoms with Crippen LogP contribution in [0.15, 0.2) is 70.7 Å². The van der Waals surface area contributed by atoms with Crippen molar-refractivity contribution in [1.82, 2.24) is 0 Å². The second kappa shape index (κ2) is 10.8. The quantitative estimate of drug-likeness (QED) is 0.186. The van der Waals surface area contributed by atoms with Crippen LogP contribution in [0.3, 0.4) is 0 Å². The average Bonchev–Trinajstić information content (AvgIpc) is 2.73. The van der Waals surface area contributed by atoms with E-state index in [1.165, 1.54) is 18.2 Å². The van der Waals surface area contributed by atoms with Gasteiger partial charge >= 0.3 is 0 Å². The van der Waals surface area contributed by atoms with E-state index in [-0.39, 0.29) is 18.0 Å². The average molecular weight is 612 g/mol. The van der Waals surface area contributed by atoms with E-state index in [4.69, 9.17) is 16.3 Å². The number of carbonyl (C=O) groups is 1. The number of anilines is 1. The number of hydrogen-bond acceptors (Lipinski definition) is 3. The predicted molar refractivity (Wildman–Crippen MR) is 131 cm³/mol. The highest BCUT2D eigenvalue weighted by Gasteiger charge is 2.14. The third-order valence-corrected chi connectivity index (χ3v) is 5.81. The van der Waals surface area contributed by atoms with Crippen molar-refractivity contribution in [2.45, 2.75) is 6.61 Å². The lowest BCUT2D eigenvalue weighted by atomic mass is 10.1. The van der Waals surface area contributed by atoms with E-state index in [2.05, 4.69) is 43.8 Å². The molecule has 0 aliphatic rings. The van der Waals surface area contributed by atoms with Gasteiger partial charge in [-0.15, -0.1) is 0 Å². The fraction of sp³-hybridized carbons (Fsp3) is 0.0435. The summed E-state index contributed by atoms with van der Waals surface area (Å²) in [6.45, 7) is 0.200. The van der Waals surface area contributed by atoms with Crippen LogP contribution >= 0.6 is 50.1 Å². The molecule has 0 radical (unpaired) electrons. The molecular formula is C23H14BrClFIN2O2. The Hall–Kier alpha value is -2.41. The molecule has 0 aliphatic heterocycles. The lowest BCUT2D eigenvalue weighted by Gasteiger charge is -2.12. The van der Waals surface area contributed by atoms with Gasteiger partial charge in [-0.1, -0.05) is 35.9 Å². The van der Waals surface area contributed by atoms with Gasteiger partial charge in [-0.2, -0.15) is 5.26 Å². The van der Waals surface area contributed by atoms with E-state index in [1.54, 1.807) is 48.5 Å². The van der Waals surface area contributed by atoms with Crippen molar-refractivity contribution in [3.8, 4) is 11.8 Å². The Morgan fingerprint density at radius 1 is 1.23 bits per heavy atom. The maximum atomic E-state index is 13.3. The SMILES string of the molecule is N#C/C(=C\c1cc(Br)c(OCc2cccc(F)c2)c(I)c1)C(=O)Nc1ccccc1Cl. The molecule has 0 aliphatic carbocycles. The summed E-state index contributed by atoms with van der Waals surface area (Å²) < 4.78 is 20.6. The van der Waals surface area contributed by atoms with Gasteiger partial charge in [0.15, 0.2) is 0 Å². The summed E-state index contributed by atoms with van der Waals surface area (Å²) in [4.78, 5) is 12.5. The molecule has 0 atom stereocenters. The van der Waals surface area contributed by atoms with Crippen LogP contribution in [0.2, 0.25) is 5.02 Å². The van der Waals surface area contributed by atoms with Crippen molar-refractivity contribution in [3.63, 3.8) is 0 Å². The van der Waals surface area contributed by atoms with Gasteiger partial charge in [0.2, 0.25) is 0 Å². The van der Waals surface area contributed by atoms with Gasteiger partial charge in [0, 0.05) is 0 Å². The number of benzene rings is 3. The summed E-state index contributed by atoms with van der Waals surface area (Å²) in [5.74, 6) is -0.302. The molecule has 0 heterocycles. The molecule has 3 aromatic carbocycles. The lowest BCUT2D eigenvalue weighted by Crippen LogP contribution is -2.13. The van der Waals surface area contributed by atoms with E-state index in [0.717, 1.165) is 3.57 Å². The number of halogens is 4. The van der Waals surface area contributed by atoms with Crippen LogP contribution in [0.4, 0.5) is 10.1 Å². The standard InChI is InChI=1S/C23H14BrClFIN2O2/c24-18-10-15(8-16(12-28)23(30)29-21-7-2-1-6-19(21)25)11-20(27)22(18)31-13-14-4-3-5-17(26)9-14/h1-11H,13H2,(H,29,30)/b16-8+. The largest absolute Gasteiger partial charge is 0.487 e. The summed E-state index contributed by atoms with van der Waals surface area (Å²) >= 11 is 11.6. The Morgan fingerprint density at radius 2 is 2.00 bits per heavy atom. The molecule has 0 saturated carbocycles. The summed E-state index contributed by atoms with van der Waals surface area (Å²) in [6.07, 6.45) is 1.48. The summed E-state index contributed by atoms with van der Waals surface area (Å²) in [5.41, 5.74) is 1.69. The van der Waals surface area contributed by atoms with Crippen molar-refractivity contribution in [3.05, 3.63) is 96.2 Å². The van der Waals surface area contributed by atoms with Gasteiger partial charge in [-0.05, 0) is 92.1 Å². The molecule has 4 nitrogen and oxygen atoms in total. The predicted octanol–water partition coefficient (Wildman–Crippen LogP) is 6.97. The number of para-hydroxylation sites is 1. The van der Waals surface area contributed by atoms with E-state index in [1.807, 2.05) is 6.07 Å². The van der Waals surface area contributed by atoms with E-state index >= 15 is 0 Å². The zero-order valence-corrected chi connectivity index (χ0v) is 20.3. The highest BCUT2D eigenvalue weighted by atomic mass is 127. The maximum Gasteiger partial charge on any atom is 0.266 e. The van der Waals surface area contributed by atoms with Gasteiger partial charge in [0.1, 0.15) is 29.8 Å². The molecule has 156 valence electrons. The Morgan fingerprint density at radius 3 is 2.68 bits per heavy atom. The first-order valence-corrected chi connectivity index (χ1v) is 11.2. The van der Waals surface area contributed by atoms with Crippen LogP contribution in [-0.2, 0) is 11.4 Å². The van der Waals surface area contributed by atoms with Gasteiger partial charge in [0.25, 0.3) is 5.91 Å². The maximum absolute atomic E-state index is 13.3. The summed E-state index contributed by atoms with van der Waals surface area (Å²) in [6, 6.07) is 18.4. The molecule has 0 fully saturated rings. The minimum absolute atomic E-state index is 0.0731. The second-order valence-electron chi connectivity index (χ2n) is 6.34. The van der Waals surface area contributed by atoms with Crippen molar-refractivity contribution in [1.29, 1.82) is 5.26 Å². The van der Waals surface area contributed by atoms with Crippen molar-refractivity contribution >= 4 is 67.8 Å².